The summed E-state index contributed by atoms with van der Waals surface area (Å²) in [5, 5.41) is 2.04. The smallest absolute Gasteiger partial charge is 0.260 e. The van der Waals surface area contributed by atoms with Gasteiger partial charge in [0.2, 0.25) is 0 Å². The van der Waals surface area contributed by atoms with Gasteiger partial charge in [-0.15, -0.1) is 11.3 Å². The van der Waals surface area contributed by atoms with Gasteiger partial charge in [-0.3, -0.25) is 4.79 Å². The molecular formula is C19H23NO3S. The summed E-state index contributed by atoms with van der Waals surface area (Å²) >= 11 is 1.67. The van der Waals surface area contributed by atoms with Gasteiger partial charge in [0, 0.05) is 18.0 Å². The lowest BCUT2D eigenvalue weighted by atomic mass is 10.2. The maximum Gasteiger partial charge on any atom is 0.260 e. The summed E-state index contributed by atoms with van der Waals surface area (Å²) in [4.78, 5) is 15.7. The molecule has 2 heterocycles. The predicted octanol–water partition coefficient (Wildman–Crippen LogP) is 3.64. The fourth-order valence-corrected chi connectivity index (χ4v) is 3.55. The molecule has 0 saturated carbocycles. The minimum atomic E-state index is 0.00199. The molecular weight excluding hydrogens is 322 g/mol. The van der Waals surface area contributed by atoms with Crippen LogP contribution in [0.1, 0.15) is 23.3 Å². The molecule has 1 aromatic carbocycles. The van der Waals surface area contributed by atoms with E-state index in [-0.39, 0.29) is 18.6 Å². The number of aryl methyl sites for hydroxylation is 1. The van der Waals surface area contributed by atoms with E-state index in [2.05, 4.69) is 6.07 Å². The molecule has 24 heavy (non-hydrogen) atoms. The second kappa shape index (κ2) is 8.31. The number of rotatable bonds is 7. The number of ether oxygens (including phenoxy) is 2. The first kappa shape index (κ1) is 17.0. The second-order valence-electron chi connectivity index (χ2n) is 6.04. The summed E-state index contributed by atoms with van der Waals surface area (Å²) in [5.41, 5.74) is 1.04. The number of hydrogen-bond donors (Lipinski definition) is 0. The van der Waals surface area contributed by atoms with Crippen molar-refractivity contribution in [3.63, 3.8) is 0 Å². The third-order valence-electron chi connectivity index (χ3n) is 4.17. The molecule has 1 unspecified atom stereocenters. The number of thiophene rings is 1. The van der Waals surface area contributed by atoms with Crippen LogP contribution in [0.2, 0.25) is 0 Å². The van der Waals surface area contributed by atoms with E-state index in [1.54, 1.807) is 11.3 Å². The molecule has 1 fully saturated rings. The van der Waals surface area contributed by atoms with E-state index in [0.717, 1.165) is 30.8 Å². The quantitative estimate of drug-likeness (QED) is 0.769. The van der Waals surface area contributed by atoms with Crippen molar-refractivity contribution in [3.8, 4) is 5.75 Å². The molecule has 1 amide bonds. The Labute approximate surface area is 147 Å². The molecule has 5 heteroatoms. The third kappa shape index (κ3) is 4.58. The first-order chi connectivity index (χ1) is 11.7. The number of carbonyl (C=O) groups excluding carboxylic acids is 1. The van der Waals surface area contributed by atoms with Crippen molar-refractivity contribution < 1.29 is 14.3 Å². The Bertz CT molecular complexity index is 650. The number of para-hydroxylation sites is 1. The first-order valence-electron chi connectivity index (χ1n) is 8.32. The largest absolute Gasteiger partial charge is 0.484 e. The van der Waals surface area contributed by atoms with Crippen molar-refractivity contribution in [3.05, 3.63) is 52.2 Å². The highest BCUT2D eigenvalue weighted by Crippen LogP contribution is 2.19. The van der Waals surface area contributed by atoms with E-state index in [1.807, 2.05) is 47.5 Å². The molecule has 1 saturated heterocycles. The van der Waals surface area contributed by atoms with E-state index in [9.17, 15) is 4.79 Å². The Hall–Kier alpha value is -1.85. The van der Waals surface area contributed by atoms with Crippen LogP contribution >= 0.6 is 11.3 Å². The summed E-state index contributed by atoms with van der Waals surface area (Å²) in [6.45, 7) is 4.09. The van der Waals surface area contributed by atoms with Crippen LogP contribution in [0, 0.1) is 6.92 Å². The fraction of sp³-hybridized carbons (Fsp3) is 0.421. The number of benzene rings is 1. The molecule has 0 spiro atoms. The highest BCUT2D eigenvalue weighted by atomic mass is 32.1. The van der Waals surface area contributed by atoms with Gasteiger partial charge in [-0.05, 0) is 42.8 Å². The van der Waals surface area contributed by atoms with Crippen LogP contribution in [0.3, 0.4) is 0 Å². The highest BCUT2D eigenvalue weighted by molar-refractivity contribution is 7.09. The topological polar surface area (TPSA) is 38.8 Å². The van der Waals surface area contributed by atoms with Crippen LogP contribution < -0.4 is 4.74 Å². The van der Waals surface area contributed by atoms with Crippen LogP contribution in [0.25, 0.3) is 0 Å². The lowest BCUT2D eigenvalue weighted by molar-refractivity contribution is -0.135. The van der Waals surface area contributed by atoms with Gasteiger partial charge in [0.05, 0.1) is 12.6 Å². The lowest BCUT2D eigenvalue weighted by Gasteiger charge is -2.25. The molecule has 3 rings (SSSR count). The van der Waals surface area contributed by atoms with Crippen LogP contribution in [0.15, 0.2) is 41.8 Å². The van der Waals surface area contributed by atoms with Gasteiger partial charge in [0.1, 0.15) is 5.75 Å². The van der Waals surface area contributed by atoms with E-state index in [4.69, 9.17) is 9.47 Å². The molecule has 4 nitrogen and oxygen atoms in total. The zero-order valence-corrected chi connectivity index (χ0v) is 14.8. The summed E-state index contributed by atoms with van der Waals surface area (Å²) in [5.74, 6) is 0.765. The van der Waals surface area contributed by atoms with Crippen LogP contribution in [-0.4, -0.2) is 36.7 Å². The van der Waals surface area contributed by atoms with Gasteiger partial charge in [-0.25, -0.2) is 0 Å². The molecule has 1 aliphatic rings. The van der Waals surface area contributed by atoms with E-state index in [1.165, 1.54) is 4.88 Å². The number of hydrogen-bond acceptors (Lipinski definition) is 4. The maximum absolute atomic E-state index is 12.7. The predicted molar refractivity (Wildman–Crippen MR) is 95.4 cm³/mol. The van der Waals surface area contributed by atoms with Gasteiger partial charge in [0.25, 0.3) is 5.91 Å². The molecule has 1 atom stereocenters. The monoisotopic (exact) mass is 345 g/mol. The maximum atomic E-state index is 12.7. The lowest BCUT2D eigenvalue weighted by Crippen LogP contribution is -2.39. The van der Waals surface area contributed by atoms with E-state index in [0.29, 0.717) is 13.1 Å². The SMILES string of the molecule is Cc1ccccc1OCC(=O)N(Cc1cccs1)CC1CCCO1. The minimum Gasteiger partial charge on any atom is -0.484 e. The molecule has 0 radical (unpaired) electrons. The number of carbonyl (C=O) groups is 1. The normalized spacial score (nSPS) is 17.0. The summed E-state index contributed by atoms with van der Waals surface area (Å²) in [6, 6.07) is 11.8. The Morgan fingerprint density at radius 2 is 2.21 bits per heavy atom. The Balaban J connectivity index is 1.62. The van der Waals surface area contributed by atoms with Crippen molar-refractivity contribution in [2.24, 2.45) is 0 Å². The third-order valence-corrected chi connectivity index (χ3v) is 5.03. The van der Waals surface area contributed by atoms with Gasteiger partial charge in [0.15, 0.2) is 6.61 Å². The van der Waals surface area contributed by atoms with Crippen LogP contribution in [0.4, 0.5) is 0 Å². The van der Waals surface area contributed by atoms with Crippen molar-refractivity contribution >= 4 is 17.2 Å². The van der Waals surface area contributed by atoms with Crippen molar-refractivity contribution in [2.75, 3.05) is 19.8 Å². The van der Waals surface area contributed by atoms with Crippen LogP contribution in [-0.2, 0) is 16.1 Å². The Kier molecular flexibility index (Phi) is 5.88. The van der Waals surface area contributed by atoms with Crippen molar-refractivity contribution in [2.45, 2.75) is 32.4 Å². The minimum absolute atomic E-state index is 0.00199. The van der Waals surface area contributed by atoms with Gasteiger partial charge in [-0.1, -0.05) is 24.3 Å². The summed E-state index contributed by atoms with van der Waals surface area (Å²) in [6.07, 6.45) is 2.24. The summed E-state index contributed by atoms with van der Waals surface area (Å²) in [7, 11) is 0. The Morgan fingerprint density at radius 3 is 2.92 bits per heavy atom. The van der Waals surface area contributed by atoms with Gasteiger partial charge >= 0.3 is 0 Å². The average molecular weight is 345 g/mol. The molecule has 128 valence electrons. The zero-order valence-electron chi connectivity index (χ0n) is 13.9. The van der Waals surface area contributed by atoms with Crippen molar-refractivity contribution in [1.29, 1.82) is 0 Å². The molecule has 0 aliphatic carbocycles. The molecule has 1 aromatic heterocycles. The van der Waals surface area contributed by atoms with Gasteiger partial charge in [-0.2, -0.15) is 0 Å². The standard InChI is InChI=1S/C19H23NO3S/c1-15-6-2-3-9-18(15)23-14-19(21)20(12-16-7-4-10-22-16)13-17-8-5-11-24-17/h2-3,5-6,8-9,11,16H,4,7,10,12-14H2,1H3. The molecule has 1 aliphatic heterocycles. The molecule has 0 bridgehead atoms. The highest BCUT2D eigenvalue weighted by Gasteiger charge is 2.23. The molecule has 0 N–H and O–H groups in total. The number of amides is 1. The summed E-state index contributed by atoms with van der Waals surface area (Å²) < 4.78 is 11.4. The zero-order chi connectivity index (χ0) is 16.8. The van der Waals surface area contributed by atoms with Crippen LogP contribution in [0.5, 0.6) is 5.75 Å². The number of nitrogens with zero attached hydrogens (tertiary/aromatic N) is 1. The van der Waals surface area contributed by atoms with E-state index >= 15 is 0 Å². The van der Waals surface area contributed by atoms with Crippen molar-refractivity contribution in [1.82, 2.24) is 4.90 Å². The fourth-order valence-electron chi connectivity index (χ4n) is 2.83. The average Bonchev–Trinajstić information content (AvgIpc) is 3.27. The molecule has 2 aromatic rings. The Morgan fingerprint density at radius 1 is 1.33 bits per heavy atom. The van der Waals surface area contributed by atoms with Gasteiger partial charge < -0.3 is 14.4 Å². The second-order valence-corrected chi connectivity index (χ2v) is 7.08. The first-order valence-corrected chi connectivity index (χ1v) is 9.20. The van der Waals surface area contributed by atoms with E-state index < -0.39 is 0 Å².